The van der Waals surface area contributed by atoms with Crippen molar-refractivity contribution in [2.75, 3.05) is 24.3 Å². The number of ether oxygens (including phenoxy) is 2. The first-order chi connectivity index (χ1) is 12.5. The van der Waals surface area contributed by atoms with Crippen molar-refractivity contribution >= 4 is 39.3 Å². The van der Waals surface area contributed by atoms with E-state index in [1.165, 1.54) is 0 Å². The van der Waals surface area contributed by atoms with Gasteiger partial charge in [-0.1, -0.05) is 11.8 Å². The highest BCUT2D eigenvalue weighted by Crippen LogP contribution is 2.38. The van der Waals surface area contributed by atoms with Crippen LogP contribution in [0.5, 0.6) is 11.5 Å². The molecule has 1 aromatic heterocycles. The largest absolute Gasteiger partial charge is 0.486 e. The van der Waals surface area contributed by atoms with Crippen LogP contribution in [0.1, 0.15) is 11.3 Å². The van der Waals surface area contributed by atoms with Gasteiger partial charge in [-0.15, -0.1) is 0 Å². The van der Waals surface area contributed by atoms with Gasteiger partial charge in [-0.25, -0.2) is 4.79 Å². The lowest BCUT2D eigenvalue weighted by Gasteiger charge is -2.20. The van der Waals surface area contributed by atoms with Crippen LogP contribution >= 0.6 is 27.7 Å². The van der Waals surface area contributed by atoms with Crippen LogP contribution in [0.4, 0.5) is 5.69 Å². The van der Waals surface area contributed by atoms with Crippen LogP contribution in [0.2, 0.25) is 0 Å². The summed E-state index contributed by atoms with van der Waals surface area (Å²) >= 11 is 4.41. The van der Waals surface area contributed by atoms with Gasteiger partial charge < -0.3 is 19.8 Å². The van der Waals surface area contributed by atoms with E-state index in [1.807, 2.05) is 6.07 Å². The predicted octanol–water partition coefficient (Wildman–Crippen LogP) is 2.21. The number of anilines is 1. The summed E-state index contributed by atoms with van der Waals surface area (Å²) in [5, 5.41) is 12.2. The average molecular weight is 437 g/mol. The van der Waals surface area contributed by atoms with E-state index in [4.69, 9.17) is 9.47 Å². The van der Waals surface area contributed by atoms with Crippen LogP contribution in [0.3, 0.4) is 0 Å². The van der Waals surface area contributed by atoms with Gasteiger partial charge >= 0.3 is 5.69 Å². The maximum atomic E-state index is 12.3. The Morgan fingerprint density at radius 2 is 2.12 bits per heavy atom. The molecule has 8 nitrogen and oxygen atoms in total. The van der Waals surface area contributed by atoms with E-state index >= 15 is 0 Å². The minimum absolute atomic E-state index is 0.00848. The van der Waals surface area contributed by atoms with Gasteiger partial charge in [0.15, 0.2) is 11.5 Å². The van der Waals surface area contributed by atoms with Crippen molar-refractivity contribution < 1.29 is 14.3 Å². The molecule has 1 amide bonds. The van der Waals surface area contributed by atoms with Crippen molar-refractivity contribution in [3.05, 3.63) is 38.3 Å². The molecule has 0 radical (unpaired) electrons. The molecule has 1 aliphatic rings. The molecular formula is C16H13BrN4O4S. The zero-order valence-corrected chi connectivity index (χ0v) is 16.0. The highest BCUT2D eigenvalue weighted by Gasteiger charge is 2.17. The number of nitrogens with zero attached hydrogens (tertiary/aromatic N) is 2. The number of hydrogen-bond donors (Lipinski definition) is 2. The van der Waals surface area contributed by atoms with Gasteiger partial charge in [0, 0.05) is 22.3 Å². The minimum atomic E-state index is -0.556. The first kappa shape index (κ1) is 18.3. The number of fused-ring (bicyclic) bond motifs is 1. The number of H-pyrrole nitrogens is 1. The summed E-state index contributed by atoms with van der Waals surface area (Å²) < 4.78 is 11.6. The molecule has 2 N–H and O–H groups in total. The summed E-state index contributed by atoms with van der Waals surface area (Å²) in [6.07, 6.45) is 0. The maximum absolute atomic E-state index is 12.3. The summed E-state index contributed by atoms with van der Waals surface area (Å²) in [5.41, 5.74) is 0.655. The molecule has 1 aromatic carbocycles. The van der Waals surface area contributed by atoms with Crippen LogP contribution in [-0.2, 0) is 4.79 Å². The van der Waals surface area contributed by atoms with Gasteiger partial charge in [0.1, 0.15) is 29.9 Å². The molecule has 134 valence electrons. The van der Waals surface area contributed by atoms with E-state index in [1.54, 1.807) is 19.1 Å². The summed E-state index contributed by atoms with van der Waals surface area (Å²) in [7, 11) is 0. The summed E-state index contributed by atoms with van der Waals surface area (Å²) in [6.45, 7) is 2.53. The summed E-state index contributed by atoms with van der Waals surface area (Å²) in [4.78, 5) is 29.9. The fraction of sp³-hybridized carbons (Fsp3) is 0.250. The molecule has 0 spiro atoms. The number of nitrogens with one attached hydrogen (secondary N) is 2. The topological polar surface area (TPSA) is 117 Å². The lowest BCUT2D eigenvalue weighted by atomic mass is 10.2. The number of hydrogen-bond acceptors (Lipinski definition) is 7. The van der Waals surface area contributed by atoms with Crippen LogP contribution in [-0.4, -0.2) is 34.8 Å². The number of thioether (sulfide) groups is 1. The molecule has 0 fully saturated rings. The second kappa shape index (κ2) is 7.80. The van der Waals surface area contributed by atoms with Gasteiger partial charge in [0.25, 0.3) is 0 Å². The Balaban J connectivity index is 1.71. The molecule has 2 heterocycles. The number of aryl methyl sites for hydroxylation is 1. The molecule has 3 rings (SSSR count). The second-order valence-electron chi connectivity index (χ2n) is 5.27. The number of halogens is 1. The zero-order chi connectivity index (χ0) is 18.7. The molecule has 10 heteroatoms. The molecule has 1 aliphatic heterocycles. The fourth-order valence-corrected chi connectivity index (χ4v) is 3.53. The molecule has 0 aliphatic carbocycles. The van der Waals surface area contributed by atoms with E-state index in [9.17, 15) is 14.9 Å². The number of nitriles is 1. The van der Waals surface area contributed by atoms with E-state index in [0.29, 0.717) is 40.6 Å². The predicted molar refractivity (Wildman–Crippen MR) is 98.8 cm³/mol. The van der Waals surface area contributed by atoms with E-state index in [0.717, 1.165) is 11.8 Å². The number of aromatic nitrogens is 2. The Morgan fingerprint density at radius 1 is 1.42 bits per heavy atom. The van der Waals surface area contributed by atoms with Gasteiger partial charge in [0.05, 0.1) is 11.4 Å². The van der Waals surface area contributed by atoms with Gasteiger partial charge in [-0.3, -0.25) is 4.79 Å². The standard InChI is InChI=1S/C16H13BrN4O4S/c1-8-9(6-18)15(21-16(23)19-8)26-7-14(22)20-11-5-13-12(4-10(11)17)24-2-3-25-13/h4-5H,2-3,7H2,1H3,(H,20,22)(H,19,21,23). The molecule has 2 aromatic rings. The van der Waals surface area contributed by atoms with Crippen molar-refractivity contribution in [1.29, 1.82) is 5.26 Å². The third-order valence-electron chi connectivity index (χ3n) is 3.44. The van der Waals surface area contributed by atoms with Crippen molar-refractivity contribution in [3.8, 4) is 17.6 Å². The fourth-order valence-electron chi connectivity index (χ4n) is 2.28. The third kappa shape index (κ3) is 4.00. The highest BCUT2D eigenvalue weighted by molar-refractivity contribution is 9.10. The Hall–Kier alpha value is -2.51. The van der Waals surface area contributed by atoms with Gasteiger partial charge in [0.2, 0.25) is 5.91 Å². The molecular weight excluding hydrogens is 424 g/mol. The van der Waals surface area contributed by atoms with Crippen LogP contribution in [0.25, 0.3) is 0 Å². The van der Waals surface area contributed by atoms with Gasteiger partial charge in [-0.05, 0) is 22.9 Å². The lowest BCUT2D eigenvalue weighted by molar-refractivity contribution is -0.113. The van der Waals surface area contributed by atoms with Crippen molar-refractivity contribution in [3.63, 3.8) is 0 Å². The first-order valence-corrected chi connectivity index (χ1v) is 9.28. The first-order valence-electron chi connectivity index (χ1n) is 7.50. The number of rotatable bonds is 4. The smallest absolute Gasteiger partial charge is 0.346 e. The van der Waals surface area contributed by atoms with Gasteiger partial charge in [-0.2, -0.15) is 10.2 Å². The molecule has 0 atom stereocenters. The monoisotopic (exact) mass is 436 g/mol. The number of carbonyl (C=O) groups is 1. The Morgan fingerprint density at radius 3 is 2.81 bits per heavy atom. The minimum Gasteiger partial charge on any atom is -0.486 e. The molecule has 0 unspecified atom stereocenters. The zero-order valence-electron chi connectivity index (χ0n) is 13.6. The van der Waals surface area contributed by atoms with Crippen molar-refractivity contribution in [1.82, 2.24) is 9.97 Å². The van der Waals surface area contributed by atoms with E-state index < -0.39 is 5.69 Å². The normalized spacial score (nSPS) is 12.3. The summed E-state index contributed by atoms with van der Waals surface area (Å²) in [5.74, 6) is 0.847. The third-order valence-corrected chi connectivity index (χ3v) is 5.08. The number of carbonyl (C=O) groups excluding carboxylic acids is 1. The SMILES string of the molecule is Cc1[nH]c(=O)nc(SCC(=O)Nc2cc3c(cc2Br)OCCO3)c1C#N. The highest BCUT2D eigenvalue weighted by atomic mass is 79.9. The quantitative estimate of drug-likeness (QED) is 0.557. The lowest BCUT2D eigenvalue weighted by Crippen LogP contribution is -2.18. The molecule has 0 saturated heterocycles. The summed E-state index contributed by atoms with van der Waals surface area (Å²) in [6, 6.07) is 5.39. The van der Waals surface area contributed by atoms with Crippen molar-refractivity contribution in [2.24, 2.45) is 0 Å². The number of benzene rings is 1. The van der Waals surface area contributed by atoms with Crippen LogP contribution in [0.15, 0.2) is 26.4 Å². The van der Waals surface area contributed by atoms with Crippen molar-refractivity contribution in [2.45, 2.75) is 11.9 Å². The average Bonchev–Trinajstić information content (AvgIpc) is 2.60. The van der Waals surface area contributed by atoms with E-state index in [-0.39, 0.29) is 22.2 Å². The number of aromatic amines is 1. The molecule has 0 saturated carbocycles. The number of amides is 1. The van der Waals surface area contributed by atoms with E-state index in [2.05, 4.69) is 31.2 Å². The Kier molecular flexibility index (Phi) is 5.49. The van der Waals surface area contributed by atoms with Crippen LogP contribution < -0.4 is 20.5 Å². The Bertz CT molecular complexity index is 970. The van der Waals surface area contributed by atoms with Crippen LogP contribution in [0, 0.1) is 18.3 Å². The second-order valence-corrected chi connectivity index (χ2v) is 7.09. The Labute approximate surface area is 161 Å². The molecule has 26 heavy (non-hydrogen) atoms. The molecule has 0 bridgehead atoms. The maximum Gasteiger partial charge on any atom is 0.346 e.